The molecule has 8 heteroatoms. The summed E-state index contributed by atoms with van der Waals surface area (Å²) in [6.45, 7) is -0.377. The minimum Gasteiger partial charge on any atom is -0.458 e. The van der Waals surface area contributed by atoms with Gasteiger partial charge in [-0.25, -0.2) is 9.59 Å². The van der Waals surface area contributed by atoms with Crippen LogP contribution < -0.4 is 5.32 Å². The van der Waals surface area contributed by atoms with Gasteiger partial charge in [0.1, 0.15) is 13.2 Å². The van der Waals surface area contributed by atoms with Crippen LogP contribution >= 0.6 is 0 Å². The molecule has 8 nitrogen and oxygen atoms in total. The molecule has 1 saturated heterocycles. The Kier molecular flexibility index (Phi) is 5.07. The van der Waals surface area contributed by atoms with Gasteiger partial charge in [0.15, 0.2) is 6.10 Å². The molecule has 1 aromatic carbocycles. The molecule has 1 aromatic rings. The third-order valence-corrected chi connectivity index (χ3v) is 2.71. The zero-order valence-electron chi connectivity index (χ0n) is 11.4. The summed E-state index contributed by atoms with van der Waals surface area (Å²) in [4.78, 5) is 44.9. The number of rotatable bonds is 5. The number of hydrogen-bond acceptors (Lipinski definition) is 7. The average molecular weight is 307 g/mol. The van der Waals surface area contributed by atoms with E-state index in [1.165, 1.54) is 0 Å². The molecule has 116 valence electrons. The van der Waals surface area contributed by atoms with Crippen LogP contribution in [0.15, 0.2) is 30.3 Å². The van der Waals surface area contributed by atoms with E-state index >= 15 is 0 Å². The molecule has 0 aliphatic carbocycles. The summed E-state index contributed by atoms with van der Waals surface area (Å²) >= 11 is 0. The highest BCUT2D eigenvalue weighted by Crippen LogP contribution is 2.07. The third kappa shape index (κ3) is 4.30. The molecule has 1 aliphatic rings. The second kappa shape index (κ2) is 7.21. The molecule has 0 aromatic heterocycles. The molecule has 0 saturated carbocycles. The average Bonchev–Trinajstić information content (AvgIpc) is 2.82. The molecule has 1 N–H and O–H groups in total. The van der Waals surface area contributed by atoms with Gasteiger partial charge in [-0.15, -0.1) is 0 Å². The molecule has 0 bridgehead atoms. The standard InChI is InChI=1S/C14H13NO7/c16-11-8-10(12(17)15-11)22-14(19)21-7-6-20-13(18)9-4-2-1-3-5-9/h1-5,10H,6-8H2,(H,15,16,17). The zero-order chi connectivity index (χ0) is 15.9. The Hall–Kier alpha value is -2.90. The van der Waals surface area contributed by atoms with E-state index in [1.807, 2.05) is 5.32 Å². The fraction of sp³-hybridized carbons (Fsp3) is 0.286. The van der Waals surface area contributed by atoms with Crippen molar-refractivity contribution in [1.82, 2.24) is 5.32 Å². The summed E-state index contributed by atoms with van der Waals surface area (Å²) in [5.74, 6) is -1.74. The highest BCUT2D eigenvalue weighted by molar-refractivity contribution is 6.05. The lowest BCUT2D eigenvalue weighted by molar-refractivity contribution is -0.128. The fourth-order valence-corrected chi connectivity index (χ4v) is 1.69. The first-order valence-corrected chi connectivity index (χ1v) is 6.45. The minimum atomic E-state index is -1.17. The number of benzene rings is 1. The summed E-state index contributed by atoms with van der Waals surface area (Å²) in [6, 6.07) is 8.33. The van der Waals surface area contributed by atoms with E-state index in [9.17, 15) is 19.2 Å². The van der Waals surface area contributed by atoms with E-state index in [4.69, 9.17) is 4.74 Å². The predicted molar refractivity (Wildman–Crippen MR) is 70.7 cm³/mol. The van der Waals surface area contributed by atoms with E-state index < -0.39 is 30.0 Å². The smallest absolute Gasteiger partial charge is 0.458 e. The molecule has 1 unspecified atom stereocenters. The van der Waals surface area contributed by atoms with Crippen LogP contribution in [0.3, 0.4) is 0 Å². The van der Waals surface area contributed by atoms with Crippen molar-refractivity contribution in [2.24, 2.45) is 0 Å². The Morgan fingerprint density at radius 3 is 2.41 bits per heavy atom. The number of hydrogen-bond donors (Lipinski definition) is 1. The largest absolute Gasteiger partial charge is 0.509 e. The summed E-state index contributed by atoms with van der Waals surface area (Å²) in [5.41, 5.74) is 0.381. The molecular formula is C14H13NO7. The van der Waals surface area contributed by atoms with Gasteiger partial charge in [-0.05, 0) is 12.1 Å². The van der Waals surface area contributed by atoms with E-state index in [0.29, 0.717) is 5.56 Å². The van der Waals surface area contributed by atoms with Crippen LogP contribution in [0, 0.1) is 0 Å². The lowest BCUT2D eigenvalue weighted by atomic mass is 10.2. The molecule has 1 heterocycles. The van der Waals surface area contributed by atoms with Crippen LogP contribution in [0.25, 0.3) is 0 Å². The maximum Gasteiger partial charge on any atom is 0.509 e. The van der Waals surface area contributed by atoms with Crippen molar-refractivity contribution >= 4 is 23.9 Å². The van der Waals surface area contributed by atoms with Crippen molar-refractivity contribution in [2.75, 3.05) is 13.2 Å². The Balaban J connectivity index is 1.64. The number of esters is 1. The van der Waals surface area contributed by atoms with E-state index in [1.54, 1.807) is 30.3 Å². The second-order valence-electron chi connectivity index (χ2n) is 4.32. The van der Waals surface area contributed by atoms with E-state index in [0.717, 1.165) is 0 Å². The van der Waals surface area contributed by atoms with Gasteiger partial charge in [0.2, 0.25) is 5.91 Å². The normalized spacial score (nSPS) is 16.8. The quantitative estimate of drug-likeness (QED) is 0.477. The molecule has 0 radical (unpaired) electrons. The van der Waals surface area contributed by atoms with Gasteiger partial charge >= 0.3 is 12.1 Å². The van der Waals surface area contributed by atoms with Gasteiger partial charge in [0.25, 0.3) is 5.91 Å². The van der Waals surface area contributed by atoms with Gasteiger partial charge in [-0.1, -0.05) is 18.2 Å². The number of nitrogens with one attached hydrogen (secondary N) is 1. The fourth-order valence-electron chi connectivity index (χ4n) is 1.69. The first kappa shape index (κ1) is 15.5. The van der Waals surface area contributed by atoms with E-state index in [-0.39, 0.29) is 19.6 Å². The van der Waals surface area contributed by atoms with E-state index in [2.05, 4.69) is 9.47 Å². The summed E-state index contributed by atoms with van der Waals surface area (Å²) in [7, 11) is 0. The maximum absolute atomic E-state index is 11.6. The Labute approximate surface area is 125 Å². The van der Waals surface area contributed by atoms with Gasteiger partial charge < -0.3 is 14.2 Å². The highest BCUT2D eigenvalue weighted by Gasteiger charge is 2.34. The third-order valence-electron chi connectivity index (χ3n) is 2.71. The lowest BCUT2D eigenvalue weighted by Gasteiger charge is -2.09. The van der Waals surface area contributed by atoms with Crippen LogP contribution in [0.5, 0.6) is 0 Å². The number of amides is 2. The van der Waals surface area contributed by atoms with Crippen LogP contribution in [-0.4, -0.2) is 43.3 Å². The molecule has 1 aliphatic heterocycles. The van der Waals surface area contributed by atoms with Crippen LogP contribution in [-0.2, 0) is 23.8 Å². The lowest BCUT2D eigenvalue weighted by Crippen LogP contribution is -2.29. The number of carbonyl (C=O) groups excluding carboxylic acids is 4. The van der Waals surface area contributed by atoms with Crippen molar-refractivity contribution < 1.29 is 33.4 Å². The first-order valence-electron chi connectivity index (χ1n) is 6.45. The summed E-state index contributed by atoms with van der Waals surface area (Å²) < 4.78 is 14.2. The van der Waals surface area contributed by atoms with Crippen molar-refractivity contribution in [2.45, 2.75) is 12.5 Å². The SMILES string of the molecule is O=C1CC(OC(=O)OCCOC(=O)c2ccccc2)C(=O)N1. The molecule has 2 rings (SSSR count). The van der Waals surface area contributed by atoms with Crippen molar-refractivity contribution in [3.8, 4) is 0 Å². The van der Waals surface area contributed by atoms with Crippen molar-refractivity contribution in [1.29, 1.82) is 0 Å². The Bertz CT molecular complexity index is 584. The molecule has 1 fully saturated rings. The number of ether oxygens (including phenoxy) is 3. The number of carbonyl (C=O) groups is 4. The maximum atomic E-state index is 11.6. The molecule has 22 heavy (non-hydrogen) atoms. The van der Waals surface area contributed by atoms with Crippen molar-refractivity contribution in [3.05, 3.63) is 35.9 Å². The topological polar surface area (TPSA) is 108 Å². The van der Waals surface area contributed by atoms with Crippen molar-refractivity contribution in [3.63, 3.8) is 0 Å². The van der Waals surface area contributed by atoms with Crippen LogP contribution in [0.2, 0.25) is 0 Å². The molecule has 2 amide bonds. The number of imide groups is 1. The zero-order valence-corrected chi connectivity index (χ0v) is 11.4. The molecular weight excluding hydrogens is 294 g/mol. The Morgan fingerprint density at radius 1 is 1.09 bits per heavy atom. The Morgan fingerprint density at radius 2 is 1.77 bits per heavy atom. The first-order chi connectivity index (χ1) is 10.6. The predicted octanol–water partition coefficient (Wildman–Crippen LogP) is 0.412. The second-order valence-corrected chi connectivity index (χ2v) is 4.32. The monoisotopic (exact) mass is 307 g/mol. The van der Waals surface area contributed by atoms with Gasteiger partial charge in [-0.2, -0.15) is 0 Å². The van der Waals surface area contributed by atoms with Gasteiger partial charge in [-0.3, -0.25) is 14.9 Å². The molecule has 0 spiro atoms. The van der Waals surface area contributed by atoms with Crippen LogP contribution in [0.4, 0.5) is 4.79 Å². The highest BCUT2D eigenvalue weighted by atomic mass is 16.7. The minimum absolute atomic E-state index is 0.154. The summed E-state index contributed by atoms with van der Waals surface area (Å²) in [6.07, 6.45) is -2.51. The summed E-state index contributed by atoms with van der Waals surface area (Å²) in [5, 5.41) is 1.99. The van der Waals surface area contributed by atoms with Gasteiger partial charge in [0.05, 0.1) is 12.0 Å². The van der Waals surface area contributed by atoms with Gasteiger partial charge in [0, 0.05) is 0 Å². The van der Waals surface area contributed by atoms with Crippen LogP contribution in [0.1, 0.15) is 16.8 Å². The molecule has 1 atom stereocenters.